The zero-order valence-corrected chi connectivity index (χ0v) is 11.3. The zero-order chi connectivity index (χ0) is 13.2. The van der Waals surface area contributed by atoms with E-state index in [-0.39, 0.29) is 5.91 Å². The van der Waals surface area contributed by atoms with E-state index in [1.807, 2.05) is 24.3 Å². The van der Waals surface area contributed by atoms with Gasteiger partial charge in [-0.3, -0.25) is 4.79 Å². The van der Waals surface area contributed by atoms with Crippen molar-refractivity contribution in [1.29, 1.82) is 0 Å². The lowest BCUT2D eigenvalue weighted by molar-refractivity contribution is -0.120. The number of hydrogen-bond acceptors (Lipinski definition) is 2. The van der Waals surface area contributed by atoms with Gasteiger partial charge in [0.2, 0.25) is 5.91 Å². The van der Waals surface area contributed by atoms with Crippen LogP contribution in [0.5, 0.6) is 0 Å². The molecular weight excluding hydrogens is 236 g/mol. The van der Waals surface area contributed by atoms with E-state index >= 15 is 0 Å². The molecule has 0 heterocycles. The third-order valence-electron chi connectivity index (χ3n) is 4.79. The lowest BCUT2D eigenvalue weighted by Gasteiger charge is -2.21. The number of benzene rings is 1. The van der Waals surface area contributed by atoms with Gasteiger partial charge in [-0.2, -0.15) is 0 Å². The van der Waals surface area contributed by atoms with Gasteiger partial charge in [-0.05, 0) is 54.7 Å². The van der Waals surface area contributed by atoms with Crippen molar-refractivity contribution in [3.05, 3.63) is 29.8 Å². The van der Waals surface area contributed by atoms with E-state index < -0.39 is 0 Å². The molecule has 3 rings (SSSR count). The largest absolute Gasteiger partial charge is 0.399 e. The Morgan fingerprint density at radius 3 is 2.63 bits per heavy atom. The predicted octanol–water partition coefficient (Wildman–Crippen LogP) is 2.36. The van der Waals surface area contributed by atoms with Gasteiger partial charge in [0, 0.05) is 12.2 Å². The summed E-state index contributed by atoms with van der Waals surface area (Å²) in [6.07, 6.45) is 5.98. The summed E-state index contributed by atoms with van der Waals surface area (Å²) in [5.41, 5.74) is 7.40. The molecular formula is C16H22N2O. The van der Waals surface area contributed by atoms with Crippen molar-refractivity contribution in [1.82, 2.24) is 5.32 Å². The topological polar surface area (TPSA) is 55.1 Å². The standard InChI is InChI=1S/C16H22N2O/c17-15-5-2-11(3-6-15)9-16(19)18-10-14-8-12-1-4-13(14)7-12/h2-3,5-6,12-14H,1,4,7-10,17H2,(H,18,19). The van der Waals surface area contributed by atoms with E-state index in [0.29, 0.717) is 6.42 Å². The van der Waals surface area contributed by atoms with Gasteiger partial charge in [0.25, 0.3) is 0 Å². The van der Waals surface area contributed by atoms with Gasteiger partial charge in [-0.15, -0.1) is 0 Å². The molecule has 2 aliphatic carbocycles. The zero-order valence-electron chi connectivity index (χ0n) is 11.3. The van der Waals surface area contributed by atoms with E-state index in [2.05, 4.69) is 5.32 Å². The molecule has 2 fully saturated rings. The molecule has 0 aromatic heterocycles. The fourth-order valence-corrected chi connectivity index (χ4v) is 3.75. The number of rotatable bonds is 4. The van der Waals surface area contributed by atoms with Crippen LogP contribution in [-0.4, -0.2) is 12.5 Å². The second-order valence-electron chi connectivity index (χ2n) is 6.16. The minimum atomic E-state index is 0.132. The summed E-state index contributed by atoms with van der Waals surface area (Å²) in [5.74, 6) is 2.69. The van der Waals surface area contributed by atoms with Crippen molar-refractivity contribution >= 4 is 11.6 Å². The van der Waals surface area contributed by atoms with E-state index in [0.717, 1.165) is 35.5 Å². The SMILES string of the molecule is Nc1ccc(CC(=O)NCC2CC3CCC2C3)cc1. The van der Waals surface area contributed by atoms with Gasteiger partial charge in [0.1, 0.15) is 0 Å². The summed E-state index contributed by atoms with van der Waals surface area (Å²) < 4.78 is 0. The van der Waals surface area contributed by atoms with Crippen LogP contribution < -0.4 is 11.1 Å². The molecule has 0 saturated heterocycles. The minimum absolute atomic E-state index is 0.132. The van der Waals surface area contributed by atoms with Gasteiger partial charge in [0.05, 0.1) is 6.42 Å². The van der Waals surface area contributed by atoms with Crippen LogP contribution in [0.2, 0.25) is 0 Å². The minimum Gasteiger partial charge on any atom is -0.399 e. The van der Waals surface area contributed by atoms with Crippen LogP contribution in [0.25, 0.3) is 0 Å². The second kappa shape index (κ2) is 5.24. The normalized spacial score (nSPS) is 28.5. The number of nitrogens with two attached hydrogens (primary N) is 1. The molecule has 0 spiro atoms. The van der Waals surface area contributed by atoms with Crippen molar-refractivity contribution in [2.75, 3.05) is 12.3 Å². The number of hydrogen-bond donors (Lipinski definition) is 2. The summed E-state index contributed by atoms with van der Waals surface area (Å²) in [5, 5.41) is 3.10. The molecule has 2 aliphatic rings. The van der Waals surface area contributed by atoms with Gasteiger partial charge >= 0.3 is 0 Å². The lowest BCUT2D eigenvalue weighted by atomic mass is 9.89. The van der Waals surface area contributed by atoms with E-state index in [9.17, 15) is 4.79 Å². The molecule has 1 aromatic carbocycles. The summed E-state index contributed by atoms with van der Waals surface area (Å²) in [4.78, 5) is 11.9. The molecule has 0 radical (unpaired) electrons. The molecule has 2 bridgehead atoms. The number of amides is 1. The van der Waals surface area contributed by atoms with Crippen LogP contribution >= 0.6 is 0 Å². The Morgan fingerprint density at radius 1 is 1.21 bits per heavy atom. The number of nitrogens with one attached hydrogen (secondary N) is 1. The highest BCUT2D eigenvalue weighted by Gasteiger charge is 2.39. The molecule has 2 saturated carbocycles. The molecule has 3 nitrogen and oxygen atoms in total. The molecule has 3 atom stereocenters. The van der Waals surface area contributed by atoms with Crippen molar-refractivity contribution in [2.24, 2.45) is 17.8 Å². The molecule has 3 unspecified atom stereocenters. The van der Waals surface area contributed by atoms with Gasteiger partial charge in [-0.1, -0.05) is 18.6 Å². The third-order valence-corrected chi connectivity index (χ3v) is 4.79. The molecule has 0 aliphatic heterocycles. The Labute approximate surface area is 114 Å². The Hall–Kier alpha value is -1.51. The Balaban J connectivity index is 1.45. The van der Waals surface area contributed by atoms with Crippen molar-refractivity contribution in [2.45, 2.75) is 32.1 Å². The Kier molecular flexibility index (Phi) is 3.45. The van der Waals surface area contributed by atoms with Crippen LogP contribution in [0, 0.1) is 17.8 Å². The van der Waals surface area contributed by atoms with Crippen LogP contribution in [0.15, 0.2) is 24.3 Å². The van der Waals surface area contributed by atoms with Crippen molar-refractivity contribution in [3.8, 4) is 0 Å². The van der Waals surface area contributed by atoms with Crippen LogP contribution in [0.4, 0.5) is 5.69 Å². The first kappa shape index (κ1) is 12.5. The Morgan fingerprint density at radius 2 is 2.00 bits per heavy atom. The average molecular weight is 258 g/mol. The average Bonchev–Trinajstić information content (AvgIpc) is 3.01. The second-order valence-corrected chi connectivity index (χ2v) is 6.16. The number of anilines is 1. The summed E-state index contributed by atoms with van der Waals surface area (Å²) in [7, 11) is 0. The fraction of sp³-hybridized carbons (Fsp3) is 0.562. The highest BCUT2D eigenvalue weighted by Crippen LogP contribution is 2.47. The van der Waals surface area contributed by atoms with Gasteiger partial charge in [0.15, 0.2) is 0 Å². The third kappa shape index (κ3) is 2.91. The van der Waals surface area contributed by atoms with Gasteiger partial charge < -0.3 is 11.1 Å². The smallest absolute Gasteiger partial charge is 0.224 e. The highest BCUT2D eigenvalue weighted by molar-refractivity contribution is 5.78. The van der Waals surface area contributed by atoms with Gasteiger partial charge in [-0.25, -0.2) is 0 Å². The monoisotopic (exact) mass is 258 g/mol. The number of nitrogen functional groups attached to an aromatic ring is 1. The van der Waals surface area contributed by atoms with E-state index in [1.54, 1.807) is 0 Å². The molecule has 1 aromatic rings. The maximum Gasteiger partial charge on any atom is 0.224 e. The quantitative estimate of drug-likeness (QED) is 0.815. The maximum absolute atomic E-state index is 11.9. The molecule has 3 heteroatoms. The number of carbonyl (C=O) groups is 1. The molecule has 3 N–H and O–H groups in total. The first-order valence-corrected chi connectivity index (χ1v) is 7.32. The molecule has 102 valence electrons. The summed E-state index contributed by atoms with van der Waals surface area (Å²) >= 11 is 0. The van der Waals surface area contributed by atoms with Crippen molar-refractivity contribution < 1.29 is 4.79 Å². The van der Waals surface area contributed by atoms with Crippen LogP contribution in [0.3, 0.4) is 0 Å². The predicted molar refractivity (Wildman–Crippen MR) is 76.5 cm³/mol. The number of carbonyl (C=O) groups excluding carboxylic acids is 1. The summed E-state index contributed by atoms with van der Waals surface area (Å²) in [6.45, 7) is 0.870. The van der Waals surface area contributed by atoms with E-state index in [4.69, 9.17) is 5.73 Å². The lowest BCUT2D eigenvalue weighted by Crippen LogP contribution is -2.32. The maximum atomic E-state index is 11.9. The van der Waals surface area contributed by atoms with E-state index in [1.165, 1.54) is 25.7 Å². The van der Waals surface area contributed by atoms with Crippen LogP contribution in [0.1, 0.15) is 31.2 Å². The van der Waals surface area contributed by atoms with Crippen LogP contribution in [-0.2, 0) is 11.2 Å². The highest BCUT2D eigenvalue weighted by atomic mass is 16.1. The first-order valence-electron chi connectivity index (χ1n) is 7.32. The first-order chi connectivity index (χ1) is 9.20. The van der Waals surface area contributed by atoms with Crippen molar-refractivity contribution in [3.63, 3.8) is 0 Å². The number of fused-ring (bicyclic) bond motifs is 2. The fourth-order valence-electron chi connectivity index (χ4n) is 3.75. The molecule has 19 heavy (non-hydrogen) atoms. The summed E-state index contributed by atoms with van der Waals surface area (Å²) in [6, 6.07) is 7.54. The Bertz CT molecular complexity index is 454. The molecule has 1 amide bonds.